The summed E-state index contributed by atoms with van der Waals surface area (Å²) in [6.07, 6.45) is 3.60. The molecule has 20 heavy (non-hydrogen) atoms. The quantitative estimate of drug-likeness (QED) is 0.916. The third-order valence-corrected chi connectivity index (χ3v) is 4.87. The molecule has 1 heterocycles. The Kier molecular flexibility index (Phi) is 4.03. The Morgan fingerprint density at radius 3 is 3.05 bits per heavy atom. The van der Waals surface area contributed by atoms with Crippen molar-refractivity contribution in [2.45, 2.75) is 32.2 Å². The lowest BCUT2D eigenvalue weighted by Gasteiger charge is -2.15. The molecule has 4 heteroatoms. The highest BCUT2D eigenvalue weighted by Crippen LogP contribution is 2.33. The number of rotatable bonds is 5. The van der Waals surface area contributed by atoms with Crippen molar-refractivity contribution in [1.29, 1.82) is 0 Å². The number of aromatic nitrogens is 1. The zero-order chi connectivity index (χ0) is 13.9. The van der Waals surface area contributed by atoms with Crippen LogP contribution in [0.4, 0.5) is 0 Å². The van der Waals surface area contributed by atoms with Crippen LogP contribution in [0.3, 0.4) is 0 Å². The largest absolute Gasteiger partial charge is 0.494 e. The highest BCUT2D eigenvalue weighted by molar-refractivity contribution is 7.11. The summed E-state index contributed by atoms with van der Waals surface area (Å²) in [5, 5.41) is 4.56. The van der Waals surface area contributed by atoms with Gasteiger partial charge in [-0.25, -0.2) is 4.98 Å². The van der Waals surface area contributed by atoms with Crippen LogP contribution in [-0.4, -0.2) is 18.6 Å². The lowest BCUT2D eigenvalue weighted by atomic mass is 10.1. The normalized spacial score (nSPS) is 15.1. The molecular formula is C16H20N2OS. The van der Waals surface area contributed by atoms with Crippen LogP contribution in [-0.2, 0) is 12.8 Å². The molecule has 1 N–H and O–H groups in total. The summed E-state index contributed by atoms with van der Waals surface area (Å²) in [6.45, 7) is 2.70. The maximum absolute atomic E-state index is 5.59. The molecule has 0 amide bonds. The average molecular weight is 288 g/mol. The first-order chi connectivity index (χ1) is 9.81. The summed E-state index contributed by atoms with van der Waals surface area (Å²) < 4.78 is 5.59. The predicted octanol–water partition coefficient (Wildman–Crippen LogP) is 3.34. The third-order valence-electron chi connectivity index (χ3n) is 3.65. The second kappa shape index (κ2) is 5.94. The first-order valence-corrected chi connectivity index (χ1v) is 8.02. The summed E-state index contributed by atoms with van der Waals surface area (Å²) in [7, 11) is 1.99. The summed E-state index contributed by atoms with van der Waals surface area (Å²) >= 11 is 1.85. The van der Waals surface area contributed by atoms with Crippen LogP contribution >= 0.6 is 11.3 Å². The molecule has 0 fully saturated rings. The number of nitrogens with zero attached hydrogens (tertiary/aromatic N) is 1. The van der Waals surface area contributed by atoms with Crippen molar-refractivity contribution in [1.82, 2.24) is 10.3 Å². The minimum Gasteiger partial charge on any atom is -0.494 e. The van der Waals surface area contributed by atoms with E-state index in [1.165, 1.54) is 34.0 Å². The molecule has 1 aromatic heterocycles. The molecule has 1 aliphatic carbocycles. The summed E-state index contributed by atoms with van der Waals surface area (Å²) in [6, 6.07) is 8.45. The van der Waals surface area contributed by atoms with Gasteiger partial charge in [0.05, 0.1) is 18.3 Å². The Balaban J connectivity index is 1.90. The fraction of sp³-hybridized carbons (Fsp3) is 0.438. The van der Waals surface area contributed by atoms with Gasteiger partial charge >= 0.3 is 0 Å². The van der Waals surface area contributed by atoms with Crippen LogP contribution in [0.15, 0.2) is 24.3 Å². The molecule has 0 bridgehead atoms. The maximum Gasteiger partial charge on any atom is 0.119 e. The molecule has 0 saturated carbocycles. The lowest BCUT2D eigenvalue weighted by Crippen LogP contribution is -2.17. The molecule has 1 atom stereocenters. The minimum atomic E-state index is 0.158. The molecule has 0 aliphatic heterocycles. The SMILES string of the molecule is CCOc1cccc(C(NC)c2nc3c(s2)CCC3)c1. The van der Waals surface area contributed by atoms with Gasteiger partial charge in [0, 0.05) is 4.88 Å². The van der Waals surface area contributed by atoms with Crippen molar-refractivity contribution < 1.29 is 4.74 Å². The van der Waals surface area contributed by atoms with Crippen molar-refractivity contribution in [2.75, 3.05) is 13.7 Å². The molecule has 1 aromatic carbocycles. The van der Waals surface area contributed by atoms with Crippen molar-refractivity contribution >= 4 is 11.3 Å². The van der Waals surface area contributed by atoms with Gasteiger partial charge < -0.3 is 10.1 Å². The highest BCUT2D eigenvalue weighted by Gasteiger charge is 2.22. The van der Waals surface area contributed by atoms with E-state index >= 15 is 0 Å². The van der Waals surface area contributed by atoms with E-state index in [1.54, 1.807) is 0 Å². The number of hydrogen-bond donors (Lipinski definition) is 1. The highest BCUT2D eigenvalue weighted by atomic mass is 32.1. The minimum absolute atomic E-state index is 0.158. The van der Waals surface area contributed by atoms with Gasteiger partial charge in [-0.1, -0.05) is 12.1 Å². The van der Waals surface area contributed by atoms with Crippen LogP contribution in [0.5, 0.6) is 5.75 Å². The lowest BCUT2D eigenvalue weighted by molar-refractivity contribution is 0.339. The van der Waals surface area contributed by atoms with E-state index < -0.39 is 0 Å². The van der Waals surface area contributed by atoms with Gasteiger partial charge in [-0.2, -0.15) is 0 Å². The second-order valence-corrected chi connectivity index (χ2v) is 6.12. The molecule has 1 aliphatic rings. The molecule has 2 aromatic rings. The number of benzene rings is 1. The molecule has 3 rings (SSSR count). The van der Waals surface area contributed by atoms with E-state index in [9.17, 15) is 0 Å². The molecular weight excluding hydrogens is 268 g/mol. The molecule has 0 saturated heterocycles. The molecule has 0 spiro atoms. The van der Waals surface area contributed by atoms with E-state index in [0.717, 1.165) is 12.2 Å². The van der Waals surface area contributed by atoms with Crippen LogP contribution in [0.25, 0.3) is 0 Å². The van der Waals surface area contributed by atoms with Crippen LogP contribution in [0, 0.1) is 0 Å². The van der Waals surface area contributed by atoms with Gasteiger partial charge in [-0.15, -0.1) is 11.3 Å². The summed E-state index contributed by atoms with van der Waals surface area (Å²) in [5.41, 5.74) is 2.53. The van der Waals surface area contributed by atoms with Gasteiger partial charge in [0.2, 0.25) is 0 Å². The van der Waals surface area contributed by atoms with Gasteiger partial charge in [-0.05, 0) is 50.9 Å². The maximum atomic E-state index is 5.59. The topological polar surface area (TPSA) is 34.1 Å². The Bertz CT molecular complexity index is 572. The van der Waals surface area contributed by atoms with Crippen molar-refractivity contribution in [3.05, 3.63) is 45.4 Å². The average Bonchev–Trinajstić information content (AvgIpc) is 3.02. The third kappa shape index (κ3) is 2.58. The van der Waals surface area contributed by atoms with Gasteiger partial charge in [0.15, 0.2) is 0 Å². The Morgan fingerprint density at radius 1 is 1.40 bits per heavy atom. The fourth-order valence-corrected chi connectivity index (χ4v) is 4.01. The Hall–Kier alpha value is -1.39. The number of ether oxygens (including phenoxy) is 1. The molecule has 3 nitrogen and oxygen atoms in total. The Labute approximate surface area is 124 Å². The van der Waals surface area contributed by atoms with Gasteiger partial charge in [0.25, 0.3) is 0 Å². The van der Waals surface area contributed by atoms with E-state index in [0.29, 0.717) is 6.61 Å². The first kappa shape index (κ1) is 13.6. The molecule has 1 unspecified atom stereocenters. The summed E-state index contributed by atoms with van der Waals surface area (Å²) in [4.78, 5) is 6.30. The zero-order valence-electron chi connectivity index (χ0n) is 12.0. The standard InChI is InChI=1S/C16H20N2OS/c1-3-19-12-7-4-6-11(10-12)15(17-2)16-18-13-8-5-9-14(13)20-16/h4,6-7,10,15,17H,3,5,8-9H2,1-2H3. The zero-order valence-corrected chi connectivity index (χ0v) is 12.8. The van der Waals surface area contributed by atoms with E-state index in [2.05, 4.69) is 17.4 Å². The van der Waals surface area contributed by atoms with Crippen LogP contribution < -0.4 is 10.1 Å². The predicted molar refractivity (Wildman–Crippen MR) is 82.7 cm³/mol. The number of fused-ring (bicyclic) bond motifs is 1. The van der Waals surface area contributed by atoms with Crippen molar-refractivity contribution in [3.63, 3.8) is 0 Å². The smallest absolute Gasteiger partial charge is 0.119 e. The monoisotopic (exact) mass is 288 g/mol. The van der Waals surface area contributed by atoms with Gasteiger partial charge in [0.1, 0.15) is 10.8 Å². The van der Waals surface area contributed by atoms with Crippen LogP contribution in [0.2, 0.25) is 0 Å². The van der Waals surface area contributed by atoms with E-state index in [4.69, 9.17) is 9.72 Å². The van der Waals surface area contributed by atoms with Crippen molar-refractivity contribution in [2.24, 2.45) is 0 Å². The van der Waals surface area contributed by atoms with E-state index in [1.807, 2.05) is 37.4 Å². The van der Waals surface area contributed by atoms with Crippen LogP contribution in [0.1, 0.15) is 40.5 Å². The molecule has 106 valence electrons. The fourth-order valence-electron chi connectivity index (χ4n) is 2.72. The number of hydrogen-bond acceptors (Lipinski definition) is 4. The number of aryl methyl sites for hydroxylation is 2. The number of nitrogens with one attached hydrogen (secondary N) is 1. The Morgan fingerprint density at radius 2 is 2.30 bits per heavy atom. The van der Waals surface area contributed by atoms with Crippen molar-refractivity contribution in [3.8, 4) is 5.75 Å². The van der Waals surface area contributed by atoms with Gasteiger partial charge in [-0.3, -0.25) is 0 Å². The van der Waals surface area contributed by atoms with E-state index in [-0.39, 0.29) is 6.04 Å². The first-order valence-electron chi connectivity index (χ1n) is 7.20. The number of thiazole rings is 1. The molecule has 0 radical (unpaired) electrons. The summed E-state index contributed by atoms with van der Waals surface area (Å²) in [5.74, 6) is 0.925. The second-order valence-electron chi connectivity index (χ2n) is 5.00.